The molecule has 4 heteroatoms. The van der Waals surface area contributed by atoms with Crippen molar-refractivity contribution in [2.75, 3.05) is 7.11 Å². The van der Waals surface area contributed by atoms with Crippen molar-refractivity contribution in [3.63, 3.8) is 0 Å². The number of nitrogens with one attached hydrogen (secondary N) is 1. The number of hydrogen-bond donors (Lipinski definition) is 1. The second-order valence-corrected chi connectivity index (χ2v) is 7.20. The van der Waals surface area contributed by atoms with Crippen molar-refractivity contribution in [2.45, 2.75) is 57.8 Å². The Morgan fingerprint density at radius 1 is 1.04 bits per heavy atom. The van der Waals surface area contributed by atoms with Crippen molar-refractivity contribution < 1.29 is 14.3 Å². The maximum Gasteiger partial charge on any atom is 0.220 e. The molecule has 4 nitrogen and oxygen atoms in total. The average Bonchev–Trinajstić information content (AvgIpc) is 3.19. The first kappa shape index (κ1) is 19.4. The quantitative estimate of drug-likeness (QED) is 0.714. The number of ether oxygens (including phenoxy) is 2. The Morgan fingerprint density at radius 3 is 2.59 bits per heavy atom. The lowest BCUT2D eigenvalue weighted by Crippen LogP contribution is -2.23. The molecule has 1 amide bonds. The molecular formula is C23H29NO3. The first-order valence-corrected chi connectivity index (χ1v) is 9.82. The molecule has 27 heavy (non-hydrogen) atoms. The van der Waals surface area contributed by atoms with Crippen LogP contribution in [0.25, 0.3) is 0 Å². The SMILES string of the molecule is COCc1cccc(CNC(=O)CCc2cccc(OC3CCCC3)c2)c1. The second-order valence-electron chi connectivity index (χ2n) is 7.20. The summed E-state index contributed by atoms with van der Waals surface area (Å²) in [5, 5.41) is 3.00. The highest BCUT2D eigenvalue weighted by atomic mass is 16.5. The standard InChI is InChI=1S/C23H29NO3/c1-26-17-20-8-4-7-19(14-20)16-24-23(25)13-12-18-6-5-11-22(15-18)27-21-9-2-3-10-21/h4-8,11,14-15,21H,2-3,9-10,12-13,16-17H2,1H3,(H,24,25). The minimum atomic E-state index is 0.0641. The fourth-order valence-electron chi connectivity index (χ4n) is 3.52. The second kappa shape index (κ2) is 10.1. The monoisotopic (exact) mass is 367 g/mol. The van der Waals surface area contributed by atoms with E-state index in [4.69, 9.17) is 9.47 Å². The Bertz CT molecular complexity index is 738. The van der Waals surface area contributed by atoms with Crippen molar-refractivity contribution in [3.05, 3.63) is 65.2 Å². The highest BCUT2D eigenvalue weighted by molar-refractivity contribution is 5.76. The fraction of sp³-hybridized carbons (Fsp3) is 0.435. The van der Waals surface area contributed by atoms with Gasteiger partial charge in [-0.1, -0.05) is 36.4 Å². The third kappa shape index (κ3) is 6.40. The number of benzene rings is 2. The normalized spacial score (nSPS) is 14.3. The summed E-state index contributed by atoms with van der Waals surface area (Å²) in [5.74, 6) is 0.990. The lowest BCUT2D eigenvalue weighted by Gasteiger charge is -2.14. The van der Waals surface area contributed by atoms with E-state index in [0.717, 1.165) is 41.7 Å². The van der Waals surface area contributed by atoms with Gasteiger partial charge in [0.1, 0.15) is 5.75 Å². The highest BCUT2D eigenvalue weighted by Crippen LogP contribution is 2.24. The average molecular weight is 367 g/mol. The molecule has 0 unspecified atom stereocenters. The summed E-state index contributed by atoms with van der Waals surface area (Å²) < 4.78 is 11.2. The zero-order valence-electron chi connectivity index (χ0n) is 16.1. The van der Waals surface area contributed by atoms with Crippen molar-refractivity contribution in [1.29, 1.82) is 0 Å². The zero-order valence-corrected chi connectivity index (χ0v) is 16.1. The first-order chi connectivity index (χ1) is 13.2. The minimum absolute atomic E-state index is 0.0641. The van der Waals surface area contributed by atoms with E-state index in [-0.39, 0.29) is 5.91 Å². The number of amides is 1. The van der Waals surface area contributed by atoms with Crippen LogP contribution < -0.4 is 10.1 Å². The fourth-order valence-corrected chi connectivity index (χ4v) is 3.52. The summed E-state index contributed by atoms with van der Waals surface area (Å²) in [5.41, 5.74) is 3.34. The molecule has 1 saturated carbocycles. The highest BCUT2D eigenvalue weighted by Gasteiger charge is 2.16. The third-order valence-corrected chi connectivity index (χ3v) is 4.94. The molecule has 2 aromatic carbocycles. The first-order valence-electron chi connectivity index (χ1n) is 9.82. The predicted octanol–water partition coefficient (Wildman–Crippen LogP) is 4.40. The Kier molecular flexibility index (Phi) is 7.28. The molecule has 1 aliphatic rings. The molecule has 1 fully saturated rings. The summed E-state index contributed by atoms with van der Waals surface area (Å²) in [4.78, 5) is 12.2. The molecule has 0 spiro atoms. The van der Waals surface area contributed by atoms with Crippen molar-refractivity contribution in [3.8, 4) is 5.75 Å². The van der Waals surface area contributed by atoms with Gasteiger partial charge in [0.2, 0.25) is 5.91 Å². The number of methoxy groups -OCH3 is 1. The summed E-state index contributed by atoms with van der Waals surface area (Å²) in [7, 11) is 1.68. The molecule has 0 aliphatic heterocycles. The van der Waals surface area contributed by atoms with Crippen molar-refractivity contribution in [1.82, 2.24) is 5.32 Å². The number of rotatable bonds is 9. The van der Waals surface area contributed by atoms with E-state index in [1.165, 1.54) is 12.8 Å². The molecule has 0 aromatic heterocycles. The van der Waals surface area contributed by atoms with Crippen LogP contribution in [0.15, 0.2) is 48.5 Å². The van der Waals surface area contributed by atoms with Gasteiger partial charge >= 0.3 is 0 Å². The van der Waals surface area contributed by atoms with Crippen molar-refractivity contribution >= 4 is 5.91 Å². The van der Waals surface area contributed by atoms with Gasteiger partial charge in [-0.25, -0.2) is 0 Å². The van der Waals surface area contributed by atoms with Crippen LogP contribution in [-0.2, 0) is 29.1 Å². The van der Waals surface area contributed by atoms with Gasteiger partial charge in [-0.05, 0) is 60.9 Å². The molecule has 2 aromatic rings. The molecular weight excluding hydrogens is 338 g/mol. The van der Waals surface area contributed by atoms with Crippen LogP contribution in [0.4, 0.5) is 0 Å². The van der Waals surface area contributed by atoms with Gasteiger partial charge < -0.3 is 14.8 Å². The van der Waals surface area contributed by atoms with E-state index in [1.54, 1.807) is 7.11 Å². The van der Waals surface area contributed by atoms with Gasteiger partial charge in [0.15, 0.2) is 0 Å². The molecule has 0 heterocycles. The van der Waals surface area contributed by atoms with Crippen molar-refractivity contribution in [2.24, 2.45) is 0 Å². The van der Waals surface area contributed by atoms with Crippen LogP contribution in [0.2, 0.25) is 0 Å². The molecule has 3 rings (SSSR count). The third-order valence-electron chi connectivity index (χ3n) is 4.94. The van der Waals surface area contributed by atoms with Gasteiger partial charge in [-0.2, -0.15) is 0 Å². The Morgan fingerprint density at radius 2 is 1.78 bits per heavy atom. The maximum atomic E-state index is 12.2. The predicted molar refractivity (Wildman–Crippen MR) is 107 cm³/mol. The molecule has 0 saturated heterocycles. The van der Waals surface area contributed by atoms with Gasteiger partial charge in [0, 0.05) is 20.1 Å². The van der Waals surface area contributed by atoms with E-state index < -0.39 is 0 Å². The van der Waals surface area contributed by atoms with E-state index in [2.05, 4.69) is 23.5 Å². The van der Waals surface area contributed by atoms with Gasteiger partial charge in [0.25, 0.3) is 0 Å². The summed E-state index contributed by atoms with van der Waals surface area (Å²) in [6, 6.07) is 16.2. The smallest absolute Gasteiger partial charge is 0.220 e. The minimum Gasteiger partial charge on any atom is -0.490 e. The number of hydrogen-bond acceptors (Lipinski definition) is 3. The lowest BCUT2D eigenvalue weighted by molar-refractivity contribution is -0.121. The Hall–Kier alpha value is -2.33. The largest absolute Gasteiger partial charge is 0.490 e. The summed E-state index contributed by atoms with van der Waals surface area (Å²) in [6.45, 7) is 1.13. The molecule has 0 bridgehead atoms. The van der Waals surface area contributed by atoms with E-state index >= 15 is 0 Å². The van der Waals surface area contributed by atoms with E-state index in [9.17, 15) is 4.79 Å². The topological polar surface area (TPSA) is 47.6 Å². The van der Waals surface area contributed by atoms with E-state index in [1.807, 2.05) is 30.3 Å². The lowest BCUT2D eigenvalue weighted by atomic mass is 10.1. The van der Waals surface area contributed by atoms with Crippen LogP contribution in [0.3, 0.4) is 0 Å². The van der Waals surface area contributed by atoms with Gasteiger partial charge in [0.05, 0.1) is 12.7 Å². The number of carbonyl (C=O) groups excluding carboxylic acids is 1. The molecule has 1 aliphatic carbocycles. The zero-order chi connectivity index (χ0) is 18.9. The van der Waals surface area contributed by atoms with E-state index in [0.29, 0.717) is 25.7 Å². The van der Waals surface area contributed by atoms with Crippen LogP contribution in [0, 0.1) is 0 Å². The van der Waals surface area contributed by atoms with Gasteiger partial charge in [-0.3, -0.25) is 4.79 Å². The van der Waals surface area contributed by atoms with Gasteiger partial charge in [-0.15, -0.1) is 0 Å². The Balaban J connectivity index is 1.44. The summed E-state index contributed by atoms with van der Waals surface area (Å²) >= 11 is 0. The Labute approximate surface area is 161 Å². The molecule has 0 radical (unpaired) electrons. The van der Waals surface area contributed by atoms with Crippen LogP contribution in [0.1, 0.15) is 48.8 Å². The van der Waals surface area contributed by atoms with Crippen LogP contribution in [-0.4, -0.2) is 19.1 Å². The number of aryl methyl sites for hydroxylation is 1. The molecule has 0 atom stereocenters. The van der Waals surface area contributed by atoms with Crippen LogP contribution >= 0.6 is 0 Å². The molecule has 144 valence electrons. The maximum absolute atomic E-state index is 12.2. The van der Waals surface area contributed by atoms with Crippen LogP contribution in [0.5, 0.6) is 5.75 Å². The number of carbonyl (C=O) groups is 1. The summed E-state index contributed by atoms with van der Waals surface area (Å²) in [6.07, 6.45) is 6.38. The molecule has 1 N–H and O–H groups in total.